The number of hydrogen-bond acceptors (Lipinski definition) is 4. The van der Waals surface area contributed by atoms with Crippen molar-refractivity contribution in [1.29, 1.82) is 0 Å². The maximum atomic E-state index is 13.3. The number of hydrogen-bond donors (Lipinski definition) is 1. The van der Waals surface area contributed by atoms with Gasteiger partial charge in [0.05, 0.1) is 35.0 Å². The fraction of sp³-hybridized carbons (Fsp3) is 0.333. The molecule has 2 aliphatic heterocycles. The Hall–Kier alpha value is -2.02. The van der Waals surface area contributed by atoms with Gasteiger partial charge in [-0.2, -0.15) is 5.10 Å². The lowest BCUT2D eigenvalue weighted by Crippen LogP contribution is -2.44. The minimum Gasteiger partial charge on any atom is -0.378 e. The highest BCUT2D eigenvalue weighted by Crippen LogP contribution is 2.41. The highest BCUT2D eigenvalue weighted by molar-refractivity contribution is 6.42. The summed E-state index contributed by atoms with van der Waals surface area (Å²) in [5, 5.41) is 8.57. The van der Waals surface area contributed by atoms with Gasteiger partial charge in [-0.05, 0) is 13.0 Å². The molecule has 0 saturated carbocycles. The molecule has 136 valence electrons. The van der Waals surface area contributed by atoms with Crippen LogP contribution in [0.4, 0.5) is 5.82 Å². The van der Waals surface area contributed by atoms with Crippen molar-refractivity contribution in [2.45, 2.75) is 13.0 Å². The minimum atomic E-state index is -0.442. The predicted octanol–water partition coefficient (Wildman–Crippen LogP) is 3.34. The average Bonchev–Trinajstić information content (AvgIpc) is 3.11. The van der Waals surface area contributed by atoms with Gasteiger partial charge in [-0.25, -0.2) is 4.68 Å². The molecule has 4 rings (SSSR count). The number of halogens is 2. The Morgan fingerprint density at radius 3 is 2.81 bits per heavy atom. The summed E-state index contributed by atoms with van der Waals surface area (Å²) in [4.78, 5) is 15.1. The number of benzene rings is 1. The highest BCUT2D eigenvalue weighted by Gasteiger charge is 2.36. The van der Waals surface area contributed by atoms with Gasteiger partial charge in [0.25, 0.3) is 5.91 Å². The molecule has 1 aromatic carbocycles. The topological polar surface area (TPSA) is 59.4 Å². The zero-order valence-electron chi connectivity index (χ0n) is 14.2. The summed E-state index contributed by atoms with van der Waals surface area (Å²) >= 11 is 12.7. The summed E-state index contributed by atoms with van der Waals surface area (Å²) < 4.78 is 7.15. The Labute approximate surface area is 161 Å². The number of ether oxygens (including phenoxy) is 1. The zero-order valence-corrected chi connectivity index (χ0v) is 15.7. The van der Waals surface area contributed by atoms with Crippen LogP contribution in [-0.4, -0.2) is 46.9 Å². The molecule has 1 N–H and O–H groups in total. The van der Waals surface area contributed by atoms with Crippen LogP contribution < -0.4 is 5.32 Å². The molecule has 1 unspecified atom stereocenters. The van der Waals surface area contributed by atoms with Crippen LogP contribution in [0.3, 0.4) is 0 Å². The Bertz CT molecular complexity index is 887. The third-order valence-electron chi connectivity index (χ3n) is 4.71. The van der Waals surface area contributed by atoms with Gasteiger partial charge in [0, 0.05) is 30.4 Å². The number of carbonyl (C=O) groups is 1. The van der Waals surface area contributed by atoms with Gasteiger partial charge in [-0.3, -0.25) is 4.79 Å². The molecule has 2 aromatic rings. The molecule has 2 aliphatic rings. The molecule has 26 heavy (non-hydrogen) atoms. The summed E-state index contributed by atoms with van der Waals surface area (Å²) in [7, 11) is 0. The minimum absolute atomic E-state index is 0.0412. The number of morpholine rings is 1. The predicted molar refractivity (Wildman–Crippen MR) is 101 cm³/mol. The molecular formula is C18H18Cl2N4O2. The Balaban J connectivity index is 1.84. The van der Waals surface area contributed by atoms with Crippen LogP contribution in [0.2, 0.25) is 10.0 Å². The SMILES string of the molecule is CC1=C(C(=O)N2CCOCC2)C(c2cccc(Cl)c2Cl)n2nccc2N1. The summed E-state index contributed by atoms with van der Waals surface area (Å²) in [6.07, 6.45) is 1.70. The van der Waals surface area contributed by atoms with Crippen molar-refractivity contribution in [3.63, 3.8) is 0 Å². The van der Waals surface area contributed by atoms with Crippen molar-refractivity contribution >= 4 is 34.9 Å². The van der Waals surface area contributed by atoms with Crippen molar-refractivity contribution in [3.05, 3.63) is 57.3 Å². The van der Waals surface area contributed by atoms with Gasteiger partial charge in [-0.15, -0.1) is 0 Å². The Morgan fingerprint density at radius 1 is 1.27 bits per heavy atom. The van der Waals surface area contributed by atoms with Crippen molar-refractivity contribution < 1.29 is 9.53 Å². The number of rotatable bonds is 2. The highest BCUT2D eigenvalue weighted by atomic mass is 35.5. The lowest BCUT2D eigenvalue weighted by Gasteiger charge is -2.34. The Morgan fingerprint density at radius 2 is 2.04 bits per heavy atom. The molecular weight excluding hydrogens is 375 g/mol. The maximum Gasteiger partial charge on any atom is 0.254 e. The summed E-state index contributed by atoms with van der Waals surface area (Å²) in [5.41, 5.74) is 2.16. The lowest BCUT2D eigenvalue weighted by atomic mass is 9.94. The molecule has 1 atom stereocenters. The quantitative estimate of drug-likeness (QED) is 0.851. The van der Waals surface area contributed by atoms with E-state index in [1.165, 1.54) is 0 Å². The number of anilines is 1. The van der Waals surface area contributed by atoms with E-state index in [9.17, 15) is 4.79 Å². The van der Waals surface area contributed by atoms with E-state index in [0.717, 1.165) is 17.1 Å². The van der Waals surface area contributed by atoms with Crippen LogP contribution in [-0.2, 0) is 9.53 Å². The molecule has 1 saturated heterocycles. The van der Waals surface area contributed by atoms with Gasteiger partial charge in [0.1, 0.15) is 11.9 Å². The number of carbonyl (C=O) groups excluding carboxylic acids is 1. The van der Waals surface area contributed by atoms with Crippen LogP contribution in [0.5, 0.6) is 0 Å². The average molecular weight is 393 g/mol. The van der Waals surface area contributed by atoms with Crippen molar-refractivity contribution in [2.24, 2.45) is 0 Å². The first kappa shape index (κ1) is 17.4. The van der Waals surface area contributed by atoms with E-state index in [2.05, 4.69) is 10.4 Å². The van der Waals surface area contributed by atoms with Crippen LogP contribution in [0.1, 0.15) is 18.5 Å². The molecule has 0 radical (unpaired) electrons. The van der Waals surface area contributed by atoms with Gasteiger partial charge in [0.2, 0.25) is 0 Å². The molecule has 1 amide bonds. The number of aromatic nitrogens is 2. The largest absolute Gasteiger partial charge is 0.378 e. The van der Waals surface area contributed by atoms with Gasteiger partial charge >= 0.3 is 0 Å². The van der Waals surface area contributed by atoms with E-state index in [0.29, 0.717) is 41.9 Å². The lowest BCUT2D eigenvalue weighted by molar-refractivity contribution is -0.131. The monoisotopic (exact) mass is 392 g/mol. The fourth-order valence-electron chi connectivity index (χ4n) is 3.44. The number of allylic oxidation sites excluding steroid dienone is 1. The van der Waals surface area contributed by atoms with Gasteiger partial charge in [-0.1, -0.05) is 35.3 Å². The van der Waals surface area contributed by atoms with Crippen LogP contribution in [0.15, 0.2) is 41.7 Å². The standard InChI is InChI=1S/C18H18Cl2N4O2/c1-11-15(18(25)23-7-9-26-10-8-23)17(24-14(22-11)5-6-21-24)12-3-2-4-13(19)16(12)20/h2-6,17,22H,7-10H2,1H3. The van der Waals surface area contributed by atoms with E-state index in [1.807, 2.05) is 30.0 Å². The molecule has 8 heteroatoms. The normalized spacial score (nSPS) is 20.0. The molecule has 1 fully saturated rings. The van der Waals surface area contributed by atoms with Crippen molar-refractivity contribution in [1.82, 2.24) is 14.7 Å². The van der Waals surface area contributed by atoms with Gasteiger partial charge < -0.3 is 15.0 Å². The smallest absolute Gasteiger partial charge is 0.254 e. The first-order chi connectivity index (χ1) is 12.6. The molecule has 1 aromatic heterocycles. The molecule has 0 spiro atoms. The van der Waals surface area contributed by atoms with E-state index in [4.69, 9.17) is 27.9 Å². The second-order valence-corrected chi connectivity index (χ2v) is 7.06. The Kier molecular flexibility index (Phi) is 4.65. The zero-order chi connectivity index (χ0) is 18.3. The van der Waals surface area contributed by atoms with E-state index in [1.54, 1.807) is 16.9 Å². The second kappa shape index (κ2) is 6.95. The first-order valence-electron chi connectivity index (χ1n) is 8.40. The molecule has 0 aliphatic carbocycles. The maximum absolute atomic E-state index is 13.3. The second-order valence-electron chi connectivity index (χ2n) is 6.27. The summed E-state index contributed by atoms with van der Waals surface area (Å²) in [6.45, 7) is 4.12. The van der Waals surface area contributed by atoms with Crippen molar-refractivity contribution in [2.75, 3.05) is 31.6 Å². The third kappa shape index (κ3) is 2.88. The van der Waals surface area contributed by atoms with Crippen LogP contribution >= 0.6 is 23.2 Å². The summed E-state index contributed by atoms with van der Waals surface area (Å²) in [5.74, 6) is 0.766. The van der Waals surface area contributed by atoms with Crippen molar-refractivity contribution in [3.8, 4) is 0 Å². The van der Waals surface area contributed by atoms with Gasteiger partial charge in [0.15, 0.2) is 0 Å². The number of nitrogens with one attached hydrogen (secondary N) is 1. The third-order valence-corrected chi connectivity index (χ3v) is 5.55. The molecule has 3 heterocycles. The fourth-order valence-corrected chi connectivity index (χ4v) is 3.85. The number of amides is 1. The van der Waals surface area contributed by atoms with Crippen LogP contribution in [0, 0.1) is 0 Å². The van der Waals surface area contributed by atoms with E-state index in [-0.39, 0.29) is 5.91 Å². The van der Waals surface area contributed by atoms with Crippen LogP contribution in [0.25, 0.3) is 0 Å². The number of fused-ring (bicyclic) bond motifs is 1. The molecule has 0 bridgehead atoms. The summed E-state index contributed by atoms with van der Waals surface area (Å²) in [6, 6.07) is 6.88. The van der Waals surface area contributed by atoms with E-state index < -0.39 is 6.04 Å². The molecule has 6 nitrogen and oxygen atoms in total. The number of nitrogens with zero attached hydrogens (tertiary/aromatic N) is 3. The first-order valence-corrected chi connectivity index (χ1v) is 9.15. The van der Waals surface area contributed by atoms with E-state index >= 15 is 0 Å².